The molecule has 0 unspecified atom stereocenters. The molecule has 2 aromatic rings. The summed E-state index contributed by atoms with van der Waals surface area (Å²) < 4.78 is 58.0. The van der Waals surface area contributed by atoms with E-state index in [1.807, 2.05) is 6.92 Å². The molecule has 0 aliphatic heterocycles. The zero-order valence-electron chi connectivity index (χ0n) is 22.7. The molecule has 224 valence electrons. The van der Waals surface area contributed by atoms with E-state index in [0.29, 0.717) is 0 Å². The van der Waals surface area contributed by atoms with Gasteiger partial charge in [-0.25, -0.2) is 4.39 Å². The minimum absolute atomic E-state index is 0.0108. The second-order valence-electron chi connectivity index (χ2n) is 11.8. The number of benzene rings is 1. The van der Waals surface area contributed by atoms with Gasteiger partial charge in [0, 0.05) is 6.54 Å². The molecule has 0 bridgehead atoms. The SMILES string of the molecule is CC1(CN(CC(=O)c2c(Cl)cc(F)cc2Cl)C(=O)c2cnn(C3CCC(C)(C(=O)O)CC3)c2C(F)(F)F)CCCC1. The van der Waals surface area contributed by atoms with Gasteiger partial charge in [-0.3, -0.25) is 19.1 Å². The number of hydrogen-bond acceptors (Lipinski definition) is 4. The number of carbonyl (C=O) groups is 3. The van der Waals surface area contributed by atoms with E-state index in [-0.39, 0.29) is 47.8 Å². The van der Waals surface area contributed by atoms with Crippen molar-refractivity contribution in [3.63, 3.8) is 0 Å². The lowest BCUT2D eigenvalue weighted by molar-refractivity contribution is -0.152. The van der Waals surface area contributed by atoms with Crippen molar-refractivity contribution >= 4 is 40.9 Å². The van der Waals surface area contributed by atoms with Gasteiger partial charge in [0.25, 0.3) is 5.91 Å². The molecule has 2 fully saturated rings. The van der Waals surface area contributed by atoms with Crippen molar-refractivity contribution in [2.24, 2.45) is 10.8 Å². The normalized spacial score (nSPS) is 22.5. The van der Waals surface area contributed by atoms with Crippen LogP contribution in [-0.4, -0.2) is 50.5 Å². The molecule has 2 aliphatic rings. The second-order valence-corrected chi connectivity index (χ2v) is 12.6. The van der Waals surface area contributed by atoms with Gasteiger partial charge >= 0.3 is 12.1 Å². The number of Topliss-reactive ketones (excluding diaryl/α,β-unsaturated/α-hetero) is 1. The number of rotatable bonds is 8. The van der Waals surface area contributed by atoms with Gasteiger partial charge in [0.2, 0.25) is 0 Å². The lowest BCUT2D eigenvalue weighted by Gasteiger charge is -2.35. The Labute approximate surface area is 244 Å². The van der Waals surface area contributed by atoms with Crippen LogP contribution in [0.3, 0.4) is 0 Å². The first-order chi connectivity index (χ1) is 19.0. The van der Waals surface area contributed by atoms with Crippen LogP contribution in [0.15, 0.2) is 18.3 Å². The molecule has 1 aromatic carbocycles. The lowest BCUT2D eigenvalue weighted by atomic mass is 9.74. The van der Waals surface area contributed by atoms with Gasteiger partial charge in [0.05, 0.1) is 45.4 Å². The molecule has 2 saturated carbocycles. The Morgan fingerprint density at radius 1 is 1.07 bits per heavy atom. The maximum Gasteiger partial charge on any atom is 0.433 e. The van der Waals surface area contributed by atoms with Gasteiger partial charge in [-0.2, -0.15) is 18.3 Å². The average Bonchev–Trinajstić information content (AvgIpc) is 3.50. The zero-order chi connectivity index (χ0) is 30.3. The Morgan fingerprint density at radius 2 is 1.63 bits per heavy atom. The van der Waals surface area contributed by atoms with Gasteiger partial charge in [0.1, 0.15) is 5.82 Å². The number of carboxylic acids is 1. The Bertz CT molecular complexity index is 1320. The number of amides is 1. The molecule has 0 atom stereocenters. The highest BCUT2D eigenvalue weighted by atomic mass is 35.5. The number of carbonyl (C=O) groups excluding carboxylic acids is 2. The molecule has 0 radical (unpaired) electrons. The average molecular weight is 620 g/mol. The summed E-state index contributed by atoms with van der Waals surface area (Å²) in [6.45, 7) is 2.86. The highest BCUT2D eigenvalue weighted by molar-refractivity contribution is 6.40. The molecule has 4 rings (SSSR count). The third kappa shape index (κ3) is 6.56. The highest BCUT2D eigenvalue weighted by Crippen LogP contribution is 2.44. The fraction of sp³-hybridized carbons (Fsp3) is 0.571. The van der Waals surface area contributed by atoms with E-state index in [4.69, 9.17) is 23.2 Å². The van der Waals surface area contributed by atoms with Gasteiger partial charge < -0.3 is 10.0 Å². The number of halogens is 6. The molecule has 1 aromatic heterocycles. The van der Waals surface area contributed by atoms with E-state index in [1.165, 1.54) is 0 Å². The van der Waals surface area contributed by atoms with Crippen molar-refractivity contribution < 1.29 is 37.1 Å². The molecule has 2 aliphatic carbocycles. The van der Waals surface area contributed by atoms with Gasteiger partial charge in [-0.05, 0) is 63.0 Å². The molecule has 13 heteroatoms. The summed E-state index contributed by atoms with van der Waals surface area (Å²) >= 11 is 12.1. The Kier molecular flexibility index (Phi) is 8.81. The predicted octanol–water partition coefficient (Wildman–Crippen LogP) is 7.46. The summed E-state index contributed by atoms with van der Waals surface area (Å²) in [5, 5.41) is 12.9. The number of aliphatic carboxylic acids is 1. The molecule has 1 amide bonds. The monoisotopic (exact) mass is 619 g/mol. The number of carboxylic acid groups (broad SMARTS) is 1. The van der Waals surface area contributed by atoms with Gasteiger partial charge in [-0.15, -0.1) is 0 Å². The van der Waals surface area contributed by atoms with E-state index in [0.717, 1.165) is 53.6 Å². The molecule has 0 saturated heterocycles. The molecule has 1 N–H and O–H groups in total. The van der Waals surface area contributed by atoms with Crippen LogP contribution in [0.2, 0.25) is 10.0 Å². The molecule has 7 nitrogen and oxygen atoms in total. The minimum Gasteiger partial charge on any atom is -0.481 e. The van der Waals surface area contributed by atoms with Crippen LogP contribution in [-0.2, 0) is 11.0 Å². The Balaban J connectivity index is 1.69. The van der Waals surface area contributed by atoms with E-state index in [2.05, 4.69) is 5.10 Å². The summed E-state index contributed by atoms with van der Waals surface area (Å²) in [4.78, 5) is 39.8. The summed E-state index contributed by atoms with van der Waals surface area (Å²) in [5.74, 6) is -3.54. The maximum absolute atomic E-state index is 14.5. The third-order valence-corrected chi connectivity index (χ3v) is 9.10. The van der Waals surface area contributed by atoms with Crippen LogP contribution >= 0.6 is 23.2 Å². The van der Waals surface area contributed by atoms with Crippen molar-refractivity contribution in [2.45, 2.75) is 77.4 Å². The van der Waals surface area contributed by atoms with E-state index >= 15 is 0 Å². The molecule has 0 spiro atoms. The Hall–Kier alpha value is -2.66. The van der Waals surface area contributed by atoms with E-state index in [9.17, 15) is 37.1 Å². The van der Waals surface area contributed by atoms with Crippen LogP contribution in [0.1, 0.15) is 97.7 Å². The third-order valence-electron chi connectivity index (χ3n) is 8.51. The lowest BCUT2D eigenvalue weighted by Crippen LogP contribution is -2.43. The van der Waals surface area contributed by atoms with Crippen molar-refractivity contribution in [3.8, 4) is 0 Å². The molecular formula is C28H31Cl2F4N3O4. The first-order valence-corrected chi connectivity index (χ1v) is 14.2. The van der Waals surface area contributed by atoms with Gasteiger partial charge in [0.15, 0.2) is 11.5 Å². The first-order valence-electron chi connectivity index (χ1n) is 13.4. The molecule has 41 heavy (non-hydrogen) atoms. The fourth-order valence-corrected chi connectivity index (χ4v) is 6.73. The van der Waals surface area contributed by atoms with Crippen LogP contribution < -0.4 is 0 Å². The number of ketones is 1. The highest BCUT2D eigenvalue weighted by Gasteiger charge is 2.45. The minimum atomic E-state index is -4.95. The zero-order valence-corrected chi connectivity index (χ0v) is 24.2. The van der Waals surface area contributed by atoms with Crippen LogP contribution in [0.4, 0.5) is 17.6 Å². The predicted molar refractivity (Wildman–Crippen MR) is 144 cm³/mol. The van der Waals surface area contributed by atoms with Crippen molar-refractivity contribution in [2.75, 3.05) is 13.1 Å². The standard InChI is InChI=1S/C28H31Cl2F4N3O4/c1-26(7-3-4-8-26)15-36(14-21(38)22-19(29)11-16(31)12-20(22)30)24(39)18-13-35-37(23(18)28(32,33)34)17-5-9-27(2,10-6-17)25(40)41/h11-13,17H,3-10,14-15H2,1-2H3,(H,40,41). The smallest absolute Gasteiger partial charge is 0.433 e. The van der Waals surface area contributed by atoms with Crippen LogP contribution in [0.5, 0.6) is 0 Å². The van der Waals surface area contributed by atoms with Crippen molar-refractivity contribution in [3.05, 3.63) is 51.0 Å². The van der Waals surface area contributed by atoms with Crippen LogP contribution in [0.25, 0.3) is 0 Å². The number of hydrogen-bond donors (Lipinski definition) is 1. The second kappa shape index (κ2) is 11.6. The quantitative estimate of drug-likeness (QED) is 0.244. The number of aromatic nitrogens is 2. The number of alkyl halides is 3. The number of nitrogens with zero attached hydrogens (tertiary/aromatic N) is 3. The summed E-state index contributed by atoms with van der Waals surface area (Å²) in [5.41, 5.74) is -3.63. The van der Waals surface area contributed by atoms with Crippen LogP contribution in [0, 0.1) is 16.6 Å². The Morgan fingerprint density at radius 3 is 2.15 bits per heavy atom. The van der Waals surface area contributed by atoms with Crippen molar-refractivity contribution in [1.82, 2.24) is 14.7 Å². The largest absolute Gasteiger partial charge is 0.481 e. The topological polar surface area (TPSA) is 92.5 Å². The molecular weight excluding hydrogens is 589 g/mol. The van der Waals surface area contributed by atoms with Crippen molar-refractivity contribution in [1.29, 1.82) is 0 Å². The molecule has 1 heterocycles. The summed E-state index contributed by atoms with van der Waals surface area (Å²) in [6, 6.07) is 1.05. The summed E-state index contributed by atoms with van der Waals surface area (Å²) in [7, 11) is 0. The fourth-order valence-electron chi connectivity index (χ4n) is 6.05. The van der Waals surface area contributed by atoms with Gasteiger partial charge in [-0.1, -0.05) is 43.0 Å². The van der Waals surface area contributed by atoms with E-state index < -0.39 is 64.3 Å². The summed E-state index contributed by atoms with van der Waals surface area (Å²) in [6.07, 6.45) is -0.287. The van der Waals surface area contributed by atoms with E-state index in [1.54, 1.807) is 6.92 Å². The first kappa shape index (κ1) is 31.3. The maximum atomic E-state index is 14.5.